The van der Waals surface area contributed by atoms with Gasteiger partial charge >= 0.3 is 42.2 Å². The molecule has 19 heteroatoms. The van der Waals surface area contributed by atoms with E-state index < -0.39 is 75.7 Å². The summed E-state index contributed by atoms with van der Waals surface area (Å²) in [5.41, 5.74) is 0. The summed E-state index contributed by atoms with van der Waals surface area (Å²) in [5, 5.41) is -7.25. The second-order valence-corrected chi connectivity index (χ2v) is 9.95. The van der Waals surface area contributed by atoms with E-state index in [9.17, 15) is 61.3 Å². The third-order valence-electron chi connectivity index (χ3n) is 4.07. The summed E-state index contributed by atoms with van der Waals surface area (Å²) in [7, 11) is -12.2. The van der Waals surface area contributed by atoms with E-state index in [2.05, 4.69) is 0 Å². The van der Waals surface area contributed by atoms with Gasteiger partial charge in [-0.25, -0.2) is 17.1 Å². The number of hydrogen-bond acceptors (Lipinski definition) is 3. The third kappa shape index (κ3) is 3.08. The Hall–Kier alpha value is -0.710. The quantitative estimate of drug-likeness (QED) is 0.435. The van der Waals surface area contributed by atoms with Gasteiger partial charge in [-0.2, -0.15) is 43.9 Å². The molecule has 6 nitrogen and oxygen atoms in total. The number of rotatable bonds is 6. The summed E-state index contributed by atoms with van der Waals surface area (Å²) in [6.07, 6.45) is -2.29. The molecule has 0 atom stereocenters. The van der Waals surface area contributed by atoms with Gasteiger partial charge in [0.2, 0.25) is 0 Å². The Kier molecular flexibility index (Phi) is 6.03. The molecule has 2 N–H and O–H groups in total. The Morgan fingerprint density at radius 1 is 0.759 bits per heavy atom. The molecular weight excluding hydrogens is 486 g/mol. The monoisotopic (exact) mass is 497 g/mol. The van der Waals surface area contributed by atoms with Crippen LogP contribution in [-0.4, -0.2) is 76.9 Å². The number of nitrogens with zero attached hydrogens (tertiary/aromatic N) is 1. The molecule has 0 amide bonds. The predicted molar refractivity (Wildman–Crippen MR) is 71.7 cm³/mol. The molecule has 1 aliphatic carbocycles. The lowest BCUT2D eigenvalue weighted by molar-refractivity contribution is -0.470. The molecule has 0 aromatic rings. The molecule has 1 saturated carbocycles. The largest absolute Gasteiger partial charge is 0.384 e. The van der Waals surface area contributed by atoms with Crippen molar-refractivity contribution in [2.75, 3.05) is 19.8 Å². The molecule has 174 valence electrons. The zero-order valence-corrected chi connectivity index (χ0v) is 15.4. The van der Waals surface area contributed by atoms with Crippen LogP contribution in [0.2, 0.25) is 0 Å². The highest BCUT2D eigenvalue weighted by molar-refractivity contribution is 7.90. The highest BCUT2D eigenvalue weighted by Crippen LogP contribution is 2.70. The molecule has 0 aliphatic heterocycles. The highest BCUT2D eigenvalue weighted by Gasteiger charge is 3.04. The van der Waals surface area contributed by atoms with Crippen LogP contribution in [-0.2, 0) is 14.6 Å². The SMILES string of the molecule is CN(CCCP(=O)(O)O)S(=O)(=O)C1(F)C(F)(F)C(F)(F)C(F)(F)C(F)(F)C1(F)F. The first kappa shape index (κ1) is 26.3. The van der Waals surface area contributed by atoms with E-state index in [1.54, 1.807) is 0 Å². The molecular formula is C10H11F11NO5PS. The fraction of sp³-hybridized carbons (Fsp3) is 1.00. The van der Waals surface area contributed by atoms with Crippen LogP contribution < -0.4 is 0 Å². The Morgan fingerprint density at radius 2 is 1.07 bits per heavy atom. The van der Waals surface area contributed by atoms with Crippen molar-refractivity contribution in [2.24, 2.45) is 0 Å². The van der Waals surface area contributed by atoms with Crippen LogP contribution in [0, 0.1) is 0 Å². The van der Waals surface area contributed by atoms with E-state index in [1.165, 1.54) is 0 Å². The fourth-order valence-electron chi connectivity index (χ4n) is 2.35. The minimum Gasteiger partial charge on any atom is -0.324 e. The second kappa shape index (κ2) is 6.64. The Labute approximate surface area is 154 Å². The van der Waals surface area contributed by atoms with Crippen LogP contribution in [0.5, 0.6) is 0 Å². The van der Waals surface area contributed by atoms with Gasteiger partial charge in [0.15, 0.2) is 0 Å². The standard InChI is InChI=1S/C10H11F11NO5PS/c1-22(3-2-4-28(23,24)25)29(26,27)10(21)8(17,18)6(13,14)5(11,12)7(15,16)9(10,19)20/h2-4H2,1H3,(H2,23,24,25). The van der Waals surface area contributed by atoms with E-state index in [4.69, 9.17) is 9.79 Å². The Bertz CT molecular complexity index is 781. The second-order valence-electron chi connectivity index (χ2n) is 6.04. The van der Waals surface area contributed by atoms with Crippen LogP contribution >= 0.6 is 7.60 Å². The van der Waals surface area contributed by atoms with Crippen molar-refractivity contribution in [1.29, 1.82) is 0 Å². The van der Waals surface area contributed by atoms with Gasteiger partial charge in [-0.15, -0.1) is 0 Å². The van der Waals surface area contributed by atoms with Crippen molar-refractivity contribution in [3.8, 4) is 0 Å². The maximum Gasteiger partial charge on any atom is 0.384 e. The van der Waals surface area contributed by atoms with Crippen molar-refractivity contribution >= 4 is 17.6 Å². The summed E-state index contributed by atoms with van der Waals surface area (Å²) >= 11 is 0. The summed E-state index contributed by atoms with van der Waals surface area (Å²) in [6, 6.07) is 0. The lowest BCUT2D eigenvalue weighted by Gasteiger charge is -2.52. The lowest BCUT2D eigenvalue weighted by Crippen LogP contribution is -2.86. The van der Waals surface area contributed by atoms with E-state index >= 15 is 0 Å². The van der Waals surface area contributed by atoms with E-state index in [-0.39, 0.29) is 7.05 Å². The predicted octanol–water partition coefficient (Wildman–Crippen LogP) is 2.67. The highest BCUT2D eigenvalue weighted by atomic mass is 32.2. The van der Waals surface area contributed by atoms with E-state index in [0.717, 1.165) is 0 Å². The van der Waals surface area contributed by atoms with Gasteiger partial charge in [0.25, 0.3) is 10.0 Å². The zero-order chi connectivity index (χ0) is 23.7. The van der Waals surface area contributed by atoms with Gasteiger partial charge < -0.3 is 9.79 Å². The van der Waals surface area contributed by atoms with Crippen LogP contribution in [0.4, 0.5) is 48.3 Å². The number of sulfonamides is 1. The average molecular weight is 497 g/mol. The summed E-state index contributed by atoms with van der Waals surface area (Å²) in [5.74, 6) is -37.9. The van der Waals surface area contributed by atoms with Gasteiger partial charge in [-0.05, 0) is 6.42 Å². The van der Waals surface area contributed by atoms with Gasteiger partial charge in [0, 0.05) is 13.6 Å². The number of alkyl halides is 11. The topological polar surface area (TPSA) is 94.9 Å². The number of halogens is 11. The summed E-state index contributed by atoms with van der Waals surface area (Å²) in [4.78, 5) is 17.1. The average Bonchev–Trinajstić information content (AvgIpc) is 2.50. The van der Waals surface area contributed by atoms with Crippen LogP contribution in [0.25, 0.3) is 0 Å². The first-order valence-corrected chi connectivity index (χ1v) is 10.2. The lowest BCUT2D eigenvalue weighted by atomic mass is 9.81. The molecule has 0 aromatic carbocycles. The van der Waals surface area contributed by atoms with Gasteiger partial charge in [0.05, 0.1) is 6.16 Å². The normalized spacial score (nSPS) is 27.0. The maximum atomic E-state index is 14.6. The van der Waals surface area contributed by atoms with Gasteiger partial charge in [-0.1, -0.05) is 0 Å². The van der Waals surface area contributed by atoms with Crippen LogP contribution in [0.15, 0.2) is 0 Å². The van der Waals surface area contributed by atoms with Gasteiger partial charge in [0.1, 0.15) is 0 Å². The molecule has 1 fully saturated rings. The van der Waals surface area contributed by atoms with Crippen molar-refractivity contribution in [3.05, 3.63) is 0 Å². The van der Waals surface area contributed by atoms with Gasteiger partial charge in [-0.3, -0.25) is 4.57 Å². The van der Waals surface area contributed by atoms with Crippen molar-refractivity contribution in [2.45, 2.75) is 41.0 Å². The van der Waals surface area contributed by atoms with E-state index in [0.29, 0.717) is 0 Å². The molecule has 0 unspecified atom stereocenters. The van der Waals surface area contributed by atoms with Crippen LogP contribution in [0.3, 0.4) is 0 Å². The first-order valence-electron chi connectivity index (χ1n) is 6.96. The molecule has 0 spiro atoms. The van der Waals surface area contributed by atoms with Crippen LogP contribution in [0.1, 0.15) is 6.42 Å². The molecule has 0 aromatic heterocycles. The Balaban J connectivity index is 3.66. The third-order valence-corrected chi connectivity index (χ3v) is 7.20. The molecule has 29 heavy (non-hydrogen) atoms. The molecule has 0 bridgehead atoms. The first-order chi connectivity index (χ1) is 12.4. The van der Waals surface area contributed by atoms with Crippen molar-refractivity contribution < 1.29 is 71.1 Å². The summed E-state index contributed by atoms with van der Waals surface area (Å²) < 4.78 is 183. The molecule has 1 rings (SSSR count). The minimum absolute atomic E-state index is 0.0501. The smallest absolute Gasteiger partial charge is 0.324 e. The maximum absolute atomic E-state index is 14.6. The van der Waals surface area contributed by atoms with E-state index in [1.807, 2.05) is 0 Å². The molecule has 0 saturated heterocycles. The molecule has 0 radical (unpaired) electrons. The minimum atomic E-state index is -7.58. The fourth-order valence-corrected chi connectivity index (χ4v) is 4.61. The molecule has 1 aliphatic rings. The van der Waals surface area contributed by atoms with Crippen molar-refractivity contribution in [3.63, 3.8) is 0 Å². The Morgan fingerprint density at radius 3 is 1.38 bits per heavy atom. The zero-order valence-electron chi connectivity index (χ0n) is 13.7. The van der Waals surface area contributed by atoms with Crippen molar-refractivity contribution in [1.82, 2.24) is 4.31 Å². The molecule has 0 heterocycles. The summed E-state index contributed by atoms with van der Waals surface area (Å²) in [6.45, 7) is -1.50. The number of hydrogen-bond donors (Lipinski definition) is 2.